The normalized spacial score (nSPS) is 14.8. The lowest BCUT2D eigenvalue weighted by molar-refractivity contribution is -0.122. The van der Waals surface area contributed by atoms with Gasteiger partial charge in [0.05, 0.1) is 17.9 Å². The van der Waals surface area contributed by atoms with Crippen LogP contribution in [0.4, 0.5) is 0 Å². The number of Topliss-reactive ketones (excluding diaryl/α,β-unsaturated/α-hetero) is 1. The number of carbonyl (C=O) groups excluding carboxylic acids is 3. The van der Waals surface area contributed by atoms with E-state index in [1.165, 1.54) is 0 Å². The van der Waals surface area contributed by atoms with Gasteiger partial charge >= 0.3 is 0 Å². The average molecular weight is 434 g/mol. The molecule has 2 aromatic rings. The van der Waals surface area contributed by atoms with Gasteiger partial charge in [-0.3, -0.25) is 14.4 Å². The van der Waals surface area contributed by atoms with Crippen molar-refractivity contribution in [1.82, 2.24) is 15.5 Å². The summed E-state index contributed by atoms with van der Waals surface area (Å²) in [7, 11) is -3.35. The van der Waals surface area contributed by atoms with Crippen molar-refractivity contribution in [3.8, 4) is 11.5 Å². The fourth-order valence-electron chi connectivity index (χ4n) is 2.83. The summed E-state index contributed by atoms with van der Waals surface area (Å²) >= 11 is 0. The second-order valence-corrected chi connectivity index (χ2v) is 9.48. The van der Waals surface area contributed by atoms with Crippen molar-refractivity contribution < 1.29 is 27.3 Å². The molecule has 0 aliphatic heterocycles. The second-order valence-electron chi connectivity index (χ2n) is 7.25. The van der Waals surface area contributed by atoms with Crippen LogP contribution in [0.5, 0.6) is 0 Å². The summed E-state index contributed by atoms with van der Waals surface area (Å²) in [6.45, 7) is 0. The van der Waals surface area contributed by atoms with Crippen molar-refractivity contribution in [1.29, 1.82) is 0 Å². The molecule has 11 heteroatoms. The molecule has 1 heterocycles. The maximum Gasteiger partial charge on any atom is 0.258 e. The van der Waals surface area contributed by atoms with Crippen LogP contribution in [-0.4, -0.2) is 53.7 Å². The van der Waals surface area contributed by atoms with E-state index in [4.69, 9.17) is 10.3 Å². The quantitative estimate of drug-likeness (QED) is 0.483. The van der Waals surface area contributed by atoms with Crippen molar-refractivity contribution in [2.24, 2.45) is 11.7 Å². The predicted molar refractivity (Wildman–Crippen MR) is 106 cm³/mol. The molecule has 0 radical (unpaired) electrons. The molecule has 2 amide bonds. The van der Waals surface area contributed by atoms with E-state index in [0.29, 0.717) is 5.56 Å². The molecule has 1 aliphatic carbocycles. The minimum atomic E-state index is -3.35. The molecule has 1 atom stereocenters. The number of ketones is 1. The number of hydrogen-bond donors (Lipinski definition) is 2. The molecule has 10 nitrogen and oxygen atoms in total. The molecule has 160 valence electrons. The third-order valence-electron chi connectivity index (χ3n) is 4.55. The fraction of sp³-hybridized carbons (Fsp3) is 0.421. The predicted octanol–water partition coefficient (Wildman–Crippen LogP) is 0.494. The van der Waals surface area contributed by atoms with Gasteiger partial charge in [0, 0.05) is 12.0 Å². The third kappa shape index (κ3) is 6.21. The molecule has 1 fully saturated rings. The van der Waals surface area contributed by atoms with Crippen molar-refractivity contribution >= 4 is 27.4 Å². The van der Waals surface area contributed by atoms with E-state index < -0.39 is 39.9 Å². The number of nitrogens with zero attached hydrogens (tertiary/aromatic N) is 2. The third-order valence-corrected chi connectivity index (χ3v) is 6.36. The summed E-state index contributed by atoms with van der Waals surface area (Å²) in [4.78, 5) is 40.3. The number of nitrogens with one attached hydrogen (secondary N) is 1. The van der Waals surface area contributed by atoms with E-state index >= 15 is 0 Å². The van der Waals surface area contributed by atoms with Gasteiger partial charge in [0.1, 0.15) is 6.04 Å². The van der Waals surface area contributed by atoms with Crippen LogP contribution in [0.15, 0.2) is 34.9 Å². The number of rotatable bonds is 11. The van der Waals surface area contributed by atoms with Gasteiger partial charge in [-0.15, -0.1) is 0 Å². The molecule has 30 heavy (non-hydrogen) atoms. The smallest absolute Gasteiger partial charge is 0.258 e. The lowest BCUT2D eigenvalue weighted by Crippen LogP contribution is -2.44. The summed E-state index contributed by atoms with van der Waals surface area (Å²) in [5.41, 5.74) is 5.78. The van der Waals surface area contributed by atoms with Crippen LogP contribution < -0.4 is 11.1 Å². The topological polar surface area (TPSA) is 162 Å². The Morgan fingerprint density at radius 3 is 2.53 bits per heavy atom. The van der Waals surface area contributed by atoms with E-state index in [1.807, 2.05) is 0 Å². The number of benzene rings is 1. The van der Waals surface area contributed by atoms with E-state index in [0.717, 1.165) is 12.8 Å². The van der Waals surface area contributed by atoms with Gasteiger partial charge in [-0.1, -0.05) is 23.4 Å². The Bertz CT molecular complexity index is 1030. The Morgan fingerprint density at radius 2 is 1.90 bits per heavy atom. The molecule has 1 aromatic heterocycles. The summed E-state index contributed by atoms with van der Waals surface area (Å²) < 4.78 is 29.1. The monoisotopic (exact) mass is 434 g/mol. The Balaban J connectivity index is 1.64. The van der Waals surface area contributed by atoms with Crippen LogP contribution in [0.2, 0.25) is 0 Å². The molecule has 0 saturated heterocycles. The number of aromatic nitrogens is 2. The highest BCUT2D eigenvalue weighted by atomic mass is 32.2. The van der Waals surface area contributed by atoms with Gasteiger partial charge in [0.15, 0.2) is 9.84 Å². The largest absolute Gasteiger partial charge is 0.370 e. The van der Waals surface area contributed by atoms with Gasteiger partial charge in [0.2, 0.25) is 23.4 Å². The first-order chi connectivity index (χ1) is 14.2. The number of sulfone groups is 1. The van der Waals surface area contributed by atoms with Crippen molar-refractivity contribution in [3.63, 3.8) is 0 Å². The minimum Gasteiger partial charge on any atom is -0.370 e. The Hall–Kier alpha value is -3.08. The van der Waals surface area contributed by atoms with E-state index in [1.54, 1.807) is 30.3 Å². The van der Waals surface area contributed by atoms with E-state index in [-0.39, 0.29) is 35.6 Å². The van der Waals surface area contributed by atoms with Gasteiger partial charge in [-0.05, 0) is 30.9 Å². The zero-order valence-electron chi connectivity index (χ0n) is 16.1. The second kappa shape index (κ2) is 9.16. The summed E-state index contributed by atoms with van der Waals surface area (Å²) in [5, 5.41) is 5.98. The fourth-order valence-corrected chi connectivity index (χ4v) is 4.54. The van der Waals surface area contributed by atoms with Crippen molar-refractivity contribution in [2.45, 2.75) is 31.7 Å². The number of carbonyl (C=O) groups is 3. The summed E-state index contributed by atoms with van der Waals surface area (Å²) in [5.74, 6) is -2.55. The highest BCUT2D eigenvalue weighted by molar-refractivity contribution is 7.91. The van der Waals surface area contributed by atoms with Crippen molar-refractivity contribution in [3.05, 3.63) is 36.2 Å². The first-order valence-corrected chi connectivity index (χ1v) is 11.3. The van der Waals surface area contributed by atoms with Gasteiger partial charge < -0.3 is 15.6 Å². The van der Waals surface area contributed by atoms with E-state index in [2.05, 4.69) is 15.5 Å². The van der Waals surface area contributed by atoms with E-state index in [9.17, 15) is 22.8 Å². The number of nitrogens with two attached hydrogens (primary N) is 1. The molecular weight excluding hydrogens is 412 g/mol. The molecular formula is C19H22N4O6S. The molecule has 3 rings (SSSR count). The lowest BCUT2D eigenvalue weighted by atomic mass is 10.1. The Kier molecular flexibility index (Phi) is 6.60. The lowest BCUT2D eigenvalue weighted by Gasteiger charge is -2.14. The van der Waals surface area contributed by atoms with Crippen molar-refractivity contribution in [2.75, 3.05) is 11.5 Å². The first kappa shape index (κ1) is 21.6. The molecule has 1 aromatic carbocycles. The van der Waals surface area contributed by atoms with Crippen LogP contribution in [-0.2, 0) is 19.4 Å². The zero-order chi connectivity index (χ0) is 21.7. The minimum absolute atomic E-state index is 0.0645. The van der Waals surface area contributed by atoms with Crippen LogP contribution >= 0.6 is 0 Å². The molecule has 3 N–H and O–H groups in total. The SMILES string of the molecule is NC(=O)CC(NC(=O)CCS(=O)(=O)CC1CC1)C(=O)c1noc(-c2ccccc2)n1. The molecule has 1 aliphatic rings. The van der Waals surface area contributed by atoms with Crippen LogP contribution in [0.1, 0.15) is 36.3 Å². The highest BCUT2D eigenvalue weighted by Crippen LogP contribution is 2.30. The summed E-state index contributed by atoms with van der Waals surface area (Å²) in [6.07, 6.45) is 0.972. The van der Waals surface area contributed by atoms with Crippen LogP contribution in [0.25, 0.3) is 11.5 Å². The number of amides is 2. The van der Waals surface area contributed by atoms with Gasteiger partial charge in [-0.2, -0.15) is 4.98 Å². The Labute approximate surface area is 173 Å². The Morgan fingerprint density at radius 1 is 1.20 bits per heavy atom. The van der Waals surface area contributed by atoms with Gasteiger partial charge in [0.25, 0.3) is 5.89 Å². The molecule has 0 spiro atoms. The highest BCUT2D eigenvalue weighted by Gasteiger charge is 2.30. The standard InChI is InChI=1S/C19H22N4O6S/c20-15(24)10-14(21-16(25)8-9-30(27,28)11-12-6-7-12)17(26)18-22-19(29-23-18)13-4-2-1-3-5-13/h1-5,12,14H,6-11H2,(H2,20,24)(H,21,25). The maximum absolute atomic E-state index is 12.7. The molecule has 0 bridgehead atoms. The molecule has 1 saturated carbocycles. The first-order valence-electron chi connectivity index (χ1n) is 9.45. The van der Waals surface area contributed by atoms with Gasteiger partial charge in [-0.25, -0.2) is 8.42 Å². The number of primary amides is 1. The molecule has 1 unspecified atom stereocenters. The zero-order valence-corrected chi connectivity index (χ0v) is 16.9. The summed E-state index contributed by atoms with van der Waals surface area (Å²) in [6, 6.07) is 7.43. The average Bonchev–Trinajstić information content (AvgIpc) is 3.36. The maximum atomic E-state index is 12.7. The van der Waals surface area contributed by atoms with Crippen LogP contribution in [0.3, 0.4) is 0 Å². The number of hydrogen-bond acceptors (Lipinski definition) is 8. The van der Waals surface area contributed by atoms with Crippen LogP contribution in [0, 0.1) is 5.92 Å².